The van der Waals surface area contributed by atoms with Crippen LogP contribution in [0.25, 0.3) is 0 Å². The van der Waals surface area contributed by atoms with Gasteiger partial charge in [0, 0.05) is 32.7 Å². The van der Waals surface area contributed by atoms with Crippen LogP contribution in [0.15, 0.2) is 24.3 Å². The number of piperazine rings is 1. The Kier molecular flexibility index (Phi) is 5.38. The predicted molar refractivity (Wildman–Crippen MR) is 91.9 cm³/mol. The third-order valence-corrected chi connectivity index (χ3v) is 4.90. The summed E-state index contributed by atoms with van der Waals surface area (Å²) in [6, 6.07) is 7.83. The summed E-state index contributed by atoms with van der Waals surface area (Å²) in [4.78, 5) is 16.4. The number of benzene rings is 1. The fourth-order valence-corrected chi connectivity index (χ4v) is 3.51. The van der Waals surface area contributed by atoms with E-state index in [9.17, 15) is 9.90 Å². The lowest BCUT2D eigenvalue weighted by Crippen LogP contribution is -2.57. The van der Waals surface area contributed by atoms with Gasteiger partial charge in [0.1, 0.15) is 5.75 Å². The van der Waals surface area contributed by atoms with Crippen molar-refractivity contribution in [3.8, 4) is 5.75 Å². The zero-order valence-electron chi connectivity index (χ0n) is 14.3. The highest BCUT2D eigenvalue weighted by atomic mass is 16.5. The number of ether oxygens (including phenoxy) is 1. The topological polar surface area (TPSA) is 65.0 Å². The lowest BCUT2D eigenvalue weighted by Gasteiger charge is -2.40. The Hall–Kier alpha value is -1.63. The molecule has 0 spiro atoms. The van der Waals surface area contributed by atoms with Gasteiger partial charge in [-0.05, 0) is 37.1 Å². The summed E-state index contributed by atoms with van der Waals surface area (Å²) in [5, 5.41) is 13.9. The Morgan fingerprint density at radius 2 is 2.08 bits per heavy atom. The molecule has 1 aromatic rings. The van der Waals surface area contributed by atoms with Crippen molar-refractivity contribution in [2.24, 2.45) is 0 Å². The van der Waals surface area contributed by atoms with Crippen LogP contribution in [0.1, 0.15) is 18.4 Å². The minimum Gasteiger partial charge on any atom is -0.497 e. The van der Waals surface area contributed by atoms with Crippen LogP contribution in [0, 0.1) is 0 Å². The van der Waals surface area contributed by atoms with Gasteiger partial charge in [-0.3, -0.25) is 9.69 Å². The van der Waals surface area contributed by atoms with Crippen LogP contribution in [0.5, 0.6) is 5.75 Å². The number of carbonyl (C=O) groups is 1. The molecule has 0 aromatic heterocycles. The Bertz CT molecular complexity index is 555. The second kappa shape index (κ2) is 7.51. The summed E-state index contributed by atoms with van der Waals surface area (Å²) in [6.07, 6.45) is 1.79. The van der Waals surface area contributed by atoms with Gasteiger partial charge in [-0.2, -0.15) is 0 Å². The molecule has 0 saturated carbocycles. The smallest absolute Gasteiger partial charge is 0.237 e. The summed E-state index contributed by atoms with van der Waals surface area (Å²) in [5.74, 6) is 0.952. The summed E-state index contributed by atoms with van der Waals surface area (Å²) < 4.78 is 5.16. The standard InChI is InChI=1S/C18H27N3O3/c1-24-16-5-3-15(4-6-16)11-21-10-9-20(12-17(21)22)14-18(23)7-2-8-19-13-18/h3-6,19,23H,2,7-14H2,1H3/t18-/m1/s1. The van der Waals surface area contributed by atoms with Gasteiger partial charge in [-0.25, -0.2) is 0 Å². The van der Waals surface area contributed by atoms with Crippen LogP contribution in [-0.4, -0.2) is 72.8 Å². The van der Waals surface area contributed by atoms with E-state index in [2.05, 4.69) is 10.2 Å². The molecule has 2 aliphatic rings. The molecule has 6 nitrogen and oxygen atoms in total. The molecule has 0 radical (unpaired) electrons. The molecule has 1 amide bonds. The molecule has 24 heavy (non-hydrogen) atoms. The lowest BCUT2D eigenvalue weighted by molar-refractivity contribution is -0.138. The van der Waals surface area contributed by atoms with E-state index >= 15 is 0 Å². The average molecular weight is 333 g/mol. The molecule has 2 heterocycles. The Morgan fingerprint density at radius 3 is 2.71 bits per heavy atom. The van der Waals surface area contributed by atoms with Crippen molar-refractivity contribution in [3.05, 3.63) is 29.8 Å². The summed E-state index contributed by atoms with van der Waals surface area (Å²) in [5.41, 5.74) is 0.407. The second-order valence-corrected chi connectivity index (χ2v) is 6.88. The van der Waals surface area contributed by atoms with Gasteiger partial charge in [-0.1, -0.05) is 12.1 Å². The lowest BCUT2D eigenvalue weighted by atomic mass is 9.93. The molecule has 1 aromatic carbocycles. The van der Waals surface area contributed by atoms with Crippen molar-refractivity contribution in [2.45, 2.75) is 25.0 Å². The van der Waals surface area contributed by atoms with Gasteiger partial charge in [0.15, 0.2) is 0 Å². The van der Waals surface area contributed by atoms with Crippen molar-refractivity contribution < 1.29 is 14.6 Å². The number of nitrogens with one attached hydrogen (secondary N) is 1. The van der Waals surface area contributed by atoms with Crippen LogP contribution in [0.2, 0.25) is 0 Å². The molecule has 6 heteroatoms. The highest BCUT2D eigenvalue weighted by Crippen LogP contribution is 2.19. The second-order valence-electron chi connectivity index (χ2n) is 6.88. The van der Waals surface area contributed by atoms with E-state index in [1.54, 1.807) is 7.11 Å². The Labute approximate surface area is 143 Å². The predicted octanol–water partition coefficient (Wildman–Crippen LogP) is 0.454. The van der Waals surface area contributed by atoms with Crippen molar-refractivity contribution in [1.82, 2.24) is 15.1 Å². The summed E-state index contributed by atoms with van der Waals surface area (Å²) in [6.45, 7) is 4.69. The van der Waals surface area contributed by atoms with Crippen LogP contribution in [0.4, 0.5) is 0 Å². The maximum atomic E-state index is 12.4. The van der Waals surface area contributed by atoms with Gasteiger partial charge in [0.2, 0.25) is 5.91 Å². The quantitative estimate of drug-likeness (QED) is 0.819. The monoisotopic (exact) mass is 333 g/mol. The van der Waals surface area contributed by atoms with E-state index < -0.39 is 5.60 Å². The number of rotatable bonds is 5. The maximum Gasteiger partial charge on any atom is 0.237 e. The number of hydrogen-bond donors (Lipinski definition) is 2. The fraction of sp³-hybridized carbons (Fsp3) is 0.611. The minimum atomic E-state index is -0.698. The summed E-state index contributed by atoms with van der Waals surface area (Å²) >= 11 is 0. The zero-order chi connectivity index (χ0) is 17.0. The molecular weight excluding hydrogens is 306 g/mol. The number of aliphatic hydroxyl groups is 1. The number of methoxy groups -OCH3 is 1. The highest BCUT2D eigenvalue weighted by Gasteiger charge is 2.34. The molecule has 2 fully saturated rings. The number of piperidine rings is 1. The molecule has 3 rings (SSSR count). The van der Waals surface area contributed by atoms with E-state index in [1.807, 2.05) is 29.2 Å². The van der Waals surface area contributed by atoms with Crippen molar-refractivity contribution in [1.29, 1.82) is 0 Å². The van der Waals surface area contributed by atoms with Gasteiger partial charge in [0.05, 0.1) is 19.3 Å². The van der Waals surface area contributed by atoms with Gasteiger partial charge >= 0.3 is 0 Å². The molecule has 0 aliphatic carbocycles. The fourth-order valence-electron chi connectivity index (χ4n) is 3.51. The molecule has 2 aliphatic heterocycles. The Morgan fingerprint density at radius 1 is 1.29 bits per heavy atom. The van der Waals surface area contributed by atoms with Crippen molar-refractivity contribution in [3.63, 3.8) is 0 Å². The van der Waals surface area contributed by atoms with E-state index in [0.29, 0.717) is 32.7 Å². The number of nitrogens with zero attached hydrogens (tertiary/aromatic N) is 2. The molecule has 0 unspecified atom stereocenters. The first-order valence-electron chi connectivity index (χ1n) is 8.64. The largest absolute Gasteiger partial charge is 0.497 e. The molecular formula is C18H27N3O3. The van der Waals surface area contributed by atoms with Gasteiger partial charge in [0.25, 0.3) is 0 Å². The summed E-state index contributed by atoms with van der Waals surface area (Å²) in [7, 11) is 1.65. The molecule has 2 N–H and O–H groups in total. The van der Waals surface area contributed by atoms with E-state index in [4.69, 9.17) is 4.74 Å². The molecule has 2 saturated heterocycles. The van der Waals surface area contributed by atoms with E-state index in [-0.39, 0.29) is 5.91 Å². The number of β-amino-alcohol motifs (C(OH)–C–C–N with tert-alkyl or cyclic N) is 1. The van der Waals surface area contributed by atoms with Gasteiger partial charge in [-0.15, -0.1) is 0 Å². The molecule has 0 bridgehead atoms. The number of amides is 1. The number of hydrogen-bond acceptors (Lipinski definition) is 5. The van der Waals surface area contributed by atoms with E-state index in [1.165, 1.54) is 0 Å². The first-order chi connectivity index (χ1) is 11.6. The molecule has 132 valence electrons. The first-order valence-corrected chi connectivity index (χ1v) is 8.64. The average Bonchev–Trinajstić information content (AvgIpc) is 2.58. The third kappa shape index (κ3) is 4.26. The maximum absolute atomic E-state index is 12.4. The zero-order valence-corrected chi connectivity index (χ0v) is 14.3. The van der Waals surface area contributed by atoms with E-state index in [0.717, 1.165) is 37.2 Å². The normalized spacial score (nSPS) is 25.8. The minimum absolute atomic E-state index is 0.129. The Balaban J connectivity index is 1.52. The van der Waals surface area contributed by atoms with Crippen LogP contribution >= 0.6 is 0 Å². The molecule has 1 atom stereocenters. The van der Waals surface area contributed by atoms with Crippen LogP contribution in [-0.2, 0) is 11.3 Å². The van der Waals surface area contributed by atoms with Gasteiger partial charge < -0.3 is 20.1 Å². The van der Waals surface area contributed by atoms with Crippen LogP contribution in [0.3, 0.4) is 0 Å². The van der Waals surface area contributed by atoms with Crippen LogP contribution < -0.4 is 10.1 Å². The van der Waals surface area contributed by atoms with Crippen molar-refractivity contribution >= 4 is 5.91 Å². The highest BCUT2D eigenvalue weighted by molar-refractivity contribution is 5.79. The third-order valence-electron chi connectivity index (χ3n) is 4.90. The van der Waals surface area contributed by atoms with Crippen molar-refractivity contribution in [2.75, 3.05) is 46.4 Å². The first kappa shape index (κ1) is 17.2. The SMILES string of the molecule is COc1ccc(CN2CCN(C[C@@]3(O)CCCNC3)CC2=O)cc1. The number of carbonyl (C=O) groups excluding carboxylic acids is 1.